The fourth-order valence-electron chi connectivity index (χ4n) is 2.69. The van der Waals surface area contributed by atoms with E-state index in [1.807, 2.05) is 19.0 Å². The number of hydrogen-bond donors (Lipinski definition) is 2. The molecule has 0 radical (unpaired) electrons. The van der Waals surface area contributed by atoms with Crippen LogP contribution in [0.4, 0.5) is 17.8 Å². The number of nitrogens with one attached hydrogen (secondary N) is 1. The summed E-state index contributed by atoms with van der Waals surface area (Å²) in [6, 6.07) is 0.424. The van der Waals surface area contributed by atoms with Crippen molar-refractivity contribution in [1.82, 2.24) is 15.0 Å². The highest BCUT2D eigenvalue weighted by atomic mass is 15.3. The van der Waals surface area contributed by atoms with Gasteiger partial charge in [0.05, 0.1) is 0 Å². The molecule has 1 saturated carbocycles. The maximum Gasteiger partial charge on any atom is 0.231 e. The van der Waals surface area contributed by atoms with Crippen LogP contribution in [0.2, 0.25) is 0 Å². The van der Waals surface area contributed by atoms with Gasteiger partial charge in [0.2, 0.25) is 17.8 Å². The zero-order valence-electron chi connectivity index (χ0n) is 12.2. The van der Waals surface area contributed by atoms with Crippen molar-refractivity contribution in [3.8, 4) is 0 Å². The minimum atomic E-state index is 0.262. The van der Waals surface area contributed by atoms with Crippen LogP contribution in [0.25, 0.3) is 0 Å². The topological polar surface area (TPSA) is 80.0 Å². The Morgan fingerprint density at radius 1 is 1.16 bits per heavy atom. The third-order valence-electron chi connectivity index (χ3n) is 3.79. The van der Waals surface area contributed by atoms with Crippen molar-refractivity contribution in [2.45, 2.75) is 39.2 Å². The molecule has 6 heteroatoms. The van der Waals surface area contributed by atoms with Gasteiger partial charge in [0.15, 0.2) is 0 Å². The first-order valence-electron chi connectivity index (χ1n) is 6.91. The molecule has 3 atom stereocenters. The Morgan fingerprint density at radius 2 is 1.89 bits per heavy atom. The Labute approximate surface area is 114 Å². The lowest BCUT2D eigenvalue weighted by atomic mass is 9.80. The average molecular weight is 264 g/mol. The number of anilines is 3. The van der Waals surface area contributed by atoms with Gasteiger partial charge in [-0.05, 0) is 31.1 Å². The number of rotatable bonds is 3. The Kier molecular flexibility index (Phi) is 4.07. The third kappa shape index (κ3) is 3.45. The van der Waals surface area contributed by atoms with Crippen molar-refractivity contribution in [1.29, 1.82) is 0 Å². The van der Waals surface area contributed by atoms with Gasteiger partial charge >= 0.3 is 0 Å². The Balaban J connectivity index is 2.10. The van der Waals surface area contributed by atoms with Crippen LogP contribution in [-0.2, 0) is 0 Å². The van der Waals surface area contributed by atoms with E-state index in [4.69, 9.17) is 5.73 Å². The Hall–Kier alpha value is -1.59. The van der Waals surface area contributed by atoms with Gasteiger partial charge in [-0.3, -0.25) is 0 Å². The summed E-state index contributed by atoms with van der Waals surface area (Å²) in [5, 5.41) is 3.42. The highest BCUT2D eigenvalue weighted by Gasteiger charge is 2.26. The molecule has 19 heavy (non-hydrogen) atoms. The zero-order chi connectivity index (χ0) is 14.0. The standard InChI is InChI=1S/C13H24N6/c1-8-5-6-10(9(2)7-8)15-12-16-11(14)17-13(18-12)19(3)4/h8-10H,5-7H2,1-4H3,(H3,14,15,16,17,18). The molecule has 0 bridgehead atoms. The molecule has 1 heterocycles. The van der Waals surface area contributed by atoms with Gasteiger partial charge in [-0.1, -0.05) is 13.8 Å². The summed E-state index contributed by atoms with van der Waals surface area (Å²) in [6.07, 6.45) is 3.66. The van der Waals surface area contributed by atoms with E-state index in [1.165, 1.54) is 12.8 Å². The lowest BCUT2D eigenvalue weighted by molar-refractivity contribution is 0.276. The monoisotopic (exact) mass is 264 g/mol. The van der Waals surface area contributed by atoms with Gasteiger partial charge in [-0.2, -0.15) is 15.0 Å². The summed E-state index contributed by atoms with van der Waals surface area (Å²) in [5.41, 5.74) is 5.73. The second kappa shape index (κ2) is 5.59. The second-order valence-electron chi connectivity index (χ2n) is 5.86. The molecule has 1 aliphatic rings. The molecule has 1 fully saturated rings. The van der Waals surface area contributed by atoms with Crippen LogP contribution in [0, 0.1) is 11.8 Å². The minimum absolute atomic E-state index is 0.262. The number of hydrogen-bond acceptors (Lipinski definition) is 6. The Bertz CT molecular complexity index is 433. The Morgan fingerprint density at radius 3 is 2.53 bits per heavy atom. The van der Waals surface area contributed by atoms with Crippen LogP contribution in [0.1, 0.15) is 33.1 Å². The summed E-state index contributed by atoms with van der Waals surface area (Å²) in [6.45, 7) is 4.60. The summed E-state index contributed by atoms with van der Waals surface area (Å²) in [5.74, 6) is 2.88. The molecular weight excluding hydrogens is 240 g/mol. The fraction of sp³-hybridized carbons (Fsp3) is 0.769. The highest BCUT2D eigenvalue weighted by molar-refractivity contribution is 5.41. The summed E-state index contributed by atoms with van der Waals surface area (Å²) in [7, 11) is 3.78. The molecule has 0 aromatic carbocycles. The van der Waals surface area contributed by atoms with Gasteiger partial charge in [0.1, 0.15) is 0 Å². The first kappa shape index (κ1) is 13.8. The molecule has 0 amide bonds. The van der Waals surface area contributed by atoms with Crippen LogP contribution in [0.3, 0.4) is 0 Å². The minimum Gasteiger partial charge on any atom is -0.368 e. The predicted molar refractivity (Wildman–Crippen MR) is 78.2 cm³/mol. The number of aromatic nitrogens is 3. The summed E-state index contributed by atoms with van der Waals surface area (Å²) >= 11 is 0. The maximum atomic E-state index is 5.73. The van der Waals surface area contributed by atoms with Gasteiger partial charge < -0.3 is 16.0 Å². The average Bonchev–Trinajstić information content (AvgIpc) is 2.32. The van der Waals surface area contributed by atoms with Crippen LogP contribution in [0.15, 0.2) is 0 Å². The lowest BCUT2D eigenvalue weighted by Gasteiger charge is -2.33. The molecule has 0 saturated heterocycles. The van der Waals surface area contributed by atoms with E-state index in [0.717, 1.165) is 12.3 Å². The van der Waals surface area contributed by atoms with Crippen molar-refractivity contribution < 1.29 is 0 Å². The van der Waals surface area contributed by atoms with Crippen LogP contribution < -0.4 is 16.0 Å². The van der Waals surface area contributed by atoms with Crippen LogP contribution >= 0.6 is 0 Å². The molecule has 2 rings (SSSR count). The van der Waals surface area contributed by atoms with Crippen molar-refractivity contribution in [3.63, 3.8) is 0 Å². The zero-order valence-corrected chi connectivity index (χ0v) is 12.2. The van der Waals surface area contributed by atoms with E-state index >= 15 is 0 Å². The number of nitrogen functional groups attached to an aromatic ring is 1. The first-order chi connectivity index (χ1) is 8.95. The van der Waals surface area contributed by atoms with Crippen molar-refractivity contribution in [3.05, 3.63) is 0 Å². The smallest absolute Gasteiger partial charge is 0.231 e. The molecule has 0 aliphatic heterocycles. The van der Waals surface area contributed by atoms with Gasteiger partial charge in [-0.25, -0.2) is 0 Å². The van der Waals surface area contributed by atoms with Gasteiger partial charge in [-0.15, -0.1) is 0 Å². The normalized spacial score (nSPS) is 27.1. The van der Waals surface area contributed by atoms with E-state index in [0.29, 0.717) is 23.9 Å². The molecular formula is C13H24N6. The fourth-order valence-corrected chi connectivity index (χ4v) is 2.69. The molecule has 106 valence electrons. The molecule has 6 nitrogen and oxygen atoms in total. The van der Waals surface area contributed by atoms with E-state index < -0.39 is 0 Å². The van der Waals surface area contributed by atoms with E-state index in [-0.39, 0.29) is 5.95 Å². The molecule has 0 spiro atoms. The molecule has 3 unspecified atom stereocenters. The van der Waals surface area contributed by atoms with Crippen LogP contribution in [0.5, 0.6) is 0 Å². The lowest BCUT2D eigenvalue weighted by Crippen LogP contribution is -2.34. The molecule has 1 aromatic rings. The maximum absolute atomic E-state index is 5.73. The van der Waals surface area contributed by atoms with Gasteiger partial charge in [0, 0.05) is 20.1 Å². The quantitative estimate of drug-likeness (QED) is 0.866. The third-order valence-corrected chi connectivity index (χ3v) is 3.79. The summed E-state index contributed by atoms with van der Waals surface area (Å²) < 4.78 is 0. The molecule has 1 aliphatic carbocycles. The van der Waals surface area contributed by atoms with E-state index in [9.17, 15) is 0 Å². The number of nitrogens with two attached hydrogens (primary N) is 1. The van der Waals surface area contributed by atoms with Crippen molar-refractivity contribution in [2.24, 2.45) is 11.8 Å². The van der Waals surface area contributed by atoms with Gasteiger partial charge in [0.25, 0.3) is 0 Å². The number of nitrogens with zero attached hydrogens (tertiary/aromatic N) is 4. The molecule has 1 aromatic heterocycles. The first-order valence-corrected chi connectivity index (χ1v) is 6.91. The predicted octanol–water partition coefficient (Wildman–Crippen LogP) is 1.76. The SMILES string of the molecule is CC1CCC(Nc2nc(N)nc(N(C)C)n2)C(C)C1. The highest BCUT2D eigenvalue weighted by Crippen LogP contribution is 2.30. The summed E-state index contributed by atoms with van der Waals surface area (Å²) in [4.78, 5) is 14.5. The second-order valence-corrected chi connectivity index (χ2v) is 5.86. The molecule has 3 N–H and O–H groups in total. The van der Waals surface area contributed by atoms with E-state index in [1.54, 1.807) is 0 Å². The van der Waals surface area contributed by atoms with Crippen molar-refractivity contribution in [2.75, 3.05) is 30.0 Å². The van der Waals surface area contributed by atoms with Crippen LogP contribution in [-0.4, -0.2) is 35.1 Å². The largest absolute Gasteiger partial charge is 0.368 e. The van der Waals surface area contributed by atoms with Crippen molar-refractivity contribution >= 4 is 17.8 Å². The van der Waals surface area contributed by atoms with E-state index in [2.05, 4.69) is 34.1 Å².